The smallest absolute Gasteiger partial charge is 0.204 e. The third-order valence-corrected chi connectivity index (χ3v) is 9.11. The molecule has 9 rings (SSSR count). The molecule has 0 bridgehead atoms. The predicted octanol–water partition coefficient (Wildman–Crippen LogP) is 5.74. The van der Waals surface area contributed by atoms with Crippen molar-refractivity contribution in [2.45, 2.75) is 44.9 Å². The summed E-state index contributed by atoms with van der Waals surface area (Å²) in [6.07, 6.45) is 11.9. The molecule has 280 valence electrons. The number of tetrazole rings is 2. The number of halogens is 2. The Morgan fingerprint density at radius 3 is 1.95 bits per heavy atom. The number of hydrogen-bond donors (Lipinski definition) is 1. The van der Waals surface area contributed by atoms with Gasteiger partial charge in [-0.3, -0.25) is 9.97 Å². The molecule has 1 aliphatic carbocycles. The van der Waals surface area contributed by atoms with Gasteiger partial charge >= 0.3 is 0 Å². The molecule has 6 aromatic heterocycles. The summed E-state index contributed by atoms with van der Waals surface area (Å²) in [7, 11) is 0. The molecular weight excluding hydrogens is 755 g/mol. The van der Waals surface area contributed by atoms with E-state index in [0.29, 0.717) is 39.2 Å². The Morgan fingerprint density at radius 1 is 0.714 bits per heavy atom. The highest BCUT2D eigenvalue weighted by atomic mass is 35.5. The van der Waals surface area contributed by atoms with Gasteiger partial charge < -0.3 is 14.2 Å². The summed E-state index contributed by atoms with van der Waals surface area (Å²) in [5.41, 5.74) is 3.32. The van der Waals surface area contributed by atoms with Crippen LogP contribution in [0.3, 0.4) is 0 Å². The number of rotatable bonds is 11. The zero-order valence-electron chi connectivity index (χ0n) is 29.7. The lowest BCUT2D eigenvalue weighted by Crippen LogP contribution is -2.11. The molecule has 1 fully saturated rings. The van der Waals surface area contributed by atoms with Crippen LogP contribution in [0, 0.1) is 0 Å². The molecule has 1 aliphatic rings. The quantitative estimate of drug-likeness (QED) is 0.167. The SMILES string of the molecule is CCn1c(C=Cc2nnn(-c3cccc(Cl)c3)n2)nnc1-c1ccncc1.OC(Cc1nnc(-c2ccncc2)n1C1CC1)c1nnn(-c2cccc(Cl)c2)n1. The average molecular weight is 788 g/mol. The van der Waals surface area contributed by atoms with E-state index in [0.717, 1.165) is 47.8 Å². The standard InChI is InChI=1S/C19H17ClN8O.C18H15ClN8/c20-13-2-1-3-15(10-13)28-25-18(23-26-28)16(29)11-17-22-24-19(27(17)14-4-5-14)12-6-8-21-9-7-12;1-2-26-17(22-23-18(26)13-8-10-20-11-9-13)7-6-16-21-25-27(24-16)15-5-3-4-14(19)12-15/h1-3,6-10,14,16,29H,4-5,11H2;3-12H,2H2,1H3. The Balaban J connectivity index is 0.000000158. The van der Waals surface area contributed by atoms with Crippen molar-refractivity contribution in [3.8, 4) is 34.2 Å². The van der Waals surface area contributed by atoms with Crippen LogP contribution in [-0.2, 0) is 13.0 Å². The van der Waals surface area contributed by atoms with Crippen LogP contribution in [0.5, 0.6) is 0 Å². The van der Waals surface area contributed by atoms with E-state index < -0.39 is 6.10 Å². The fraction of sp³-hybridized carbons (Fsp3) is 0.189. The maximum Gasteiger partial charge on any atom is 0.204 e. The summed E-state index contributed by atoms with van der Waals surface area (Å²) in [5.74, 6) is 3.67. The maximum absolute atomic E-state index is 10.7. The first-order valence-electron chi connectivity index (χ1n) is 17.6. The molecule has 8 aromatic rings. The zero-order valence-corrected chi connectivity index (χ0v) is 31.2. The summed E-state index contributed by atoms with van der Waals surface area (Å²) in [6.45, 7) is 2.77. The fourth-order valence-corrected chi connectivity index (χ4v) is 6.19. The molecule has 56 heavy (non-hydrogen) atoms. The highest BCUT2D eigenvalue weighted by Crippen LogP contribution is 2.39. The number of aromatic nitrogens is 16. The van der Waals surface area contributed by atoms with E-state index in [-0.39, 0.29) is 12.2 Å². The van der Waals surface area contributed by atoms with Gasteiger partial charge in [-0.2, -0.15) is 0 Å². The molecule has 1 saturated carbocycles. The minimum atomic E-state index is -0.949. The minimum Gasteiger partial charge on any atom is -0.384 e. The Morgan fingerprint density at radius 2 is 1.32 bits per heavy atom. The highest BCUT2D eigenvalue weighted by Gasteiger charge is 2.31. The van der Waals surface area contributed by atoms with Gasteiger partial charge in [-0.15, -0.1) is 50.4 Å². The van der Waals surface area contributed by atoms with Gasteiger partial charge in [0.1, 0.15) is 11.9 Å². The second-order valence-electron chi connectivity index (χ2n) is 12.5. The Hall–Kier alpha value is -6.56. The zero-order chi connectivity index (χ0) is 38.4. The first-order valence-corrected chi connectivity index (χ1v) is 18.3. The predicted molar refractivity (Wildman–Crippen MR) is 206 cm³/mol. The van der Waals surface area contributed by atoms with Crippen molar-refractivity contribution in [3.63, 3.8) is 0 Å². The molecule has 0 saturated heterocycles. The summed E-state index contributed by atoms with van der Waals surface area (Å²) in [6, 6.07) is 22.3. The molecule has 1 atom stereocenters. The first-order chi connectivity index (χ1) is 27.4. The minimum absolute atomic E-state index is 0.223. The fourth-order valence-electron chi connectivity index (χ4n) is 5.83. The molecule has 6 heterocycles. The van der Waals surface area contributed by atoms with Crippen LogP contribution in [0.25, 0.3) is 46.3 Å². The van der Waals surface area contributed by atoms with Crippen molar-refractivity contribution in [1.82, 2.24) is 79.9 Å². The van der Waals surface area contributed by atoms with E-state index in [2.05, 4.69) is 65.8 Å². The second kappa shape index (κ2) is 16.4. The lowest BCUT2D eigenvalue weighted by atomic mass is 10.2. The van der Waals surface area contributed by atoms with Crippen LogP contribution in [0.1, 0.15) is 55.2 Å². The molecule has 2 aromatic carbocycles. The van der Waals surface area contributed by atoms with Crippen LogP contribution < -0.4 is 0 Å². The normalized spacial score (nSPS) is 13.1. The lowest BCUT2D eigenvalue weighted by molar-refractivity contribution is 0.164. The molecule has 0 amide bonds. The number of aliphatic hydroxyl groups is 1. The van der Waals surface area contributed by atoms with Crippen molar-refractivity contribution in [3.05, 3.63) is 131 Å². The van der Waals surface area contributed by atoms with Crippen LogP contribution >= 0.6 is 23.2 Å². The average Bonchev–Trinajstić information content (AvgIpc) is 3.61. The van der Waals surface area contributed by atoms with Gasteiger partial charge in [0.2, 0.25) is 5.82 Å². The molecule has 0 aliphatic heterocycles. The van der Waals surface area contributed by atoms with Crippen LogP contribution in [0.4, 0.5) is 0 Å². The monoisotopic (exact) mass is 786 g/mol. The molecule has 1 unspecified atom stereocenters. The van der Waals surface area contributed by atoms with Crippen LogP contribution in [-0.4, -0.2) is 85.0 Å². The van der Waals surface area contributed by atoms with Gasteiger partial charge in [0.05, 0.1) is 11.4 Å². The van der Waals surface area contributed by atoms with E-state index >= 15 is 0 Å². The Bertz CT molecular complexity index is 2580. The van der Waals surface area contributed by atoms with Gasteiger partial charge in [0.25, 0.3) is 0 Å². The third-order valence-electron chi connectivity index (χ3n) is 8.64. The van der Waals surface area contributed by atoms with Gasteiger partial charge in [0.15, 0.2) is 23.3 Å². The van der Waals surface area contributed by atoms with E-state index in [4.69, 9.17) is 23.2 Å². The van der Waals surface area contributed by atoms with Crippen LogP contribution in [0.2, 0.25) is 10.0 Å². The number of nitrogens with zero attached hydrogens (tertiary/aromatic N) is 16. The van der Waals surface area contributed by atoms with Crippen molar-refractivity contribution in [2.75, 3.05) is 0 Å². The lowest BCUT2D eigenvalue weighted by Gasteiger charge is -2.10. The van der Waals surface area contributed by atoms with E-state index in [1.54, 1.807) is 61.2 Å². The van der Waals surface area contributed by atoms with E-state index in [1.165, 1.54) is 9.59 Å². The van der Waals surface area contributed by atoms with E-state index in [1.807, 2.05) is 60.0 Å². The highest BCUT2D eigenvalue weighted by molar-refractivity contribution is 6.31. The van der Waals surface area contributed by atoms with Crippen molar-refractivity contribution in [2.24, 2.45) is 0 Å². The summed E-state index contributed by atoms with van der Waals surface area (Å²) < 4.78 is 4.10. The van der Waals surface area contributed by atoms with Gasteiger partial charge in [-0.25, -0.2) is 0 Å². The summed E-state index contributed by atoms with van der Waals surface area (Å²) >= 11 is 12.0. The molecule has 17 nitrogen and oxygen atoms in total. The first kappa shape index (κ1) is 36.4. The number of aliphatic hydroxyl groups excluding tert-OH is 1. The molecule has 0 radical (unpaired) electrons. The van der Waals surface area contributed by atoms with Crippen molar-refractivity contribution >= 4 is 35.4 Å². The molecule has 1 N–H and O–H groups in total. The summed E-state index contributed by atoms with van der Waals surface area (Å²) in [5, 5.41) is 53.9. The van der Waals surface area contributed by atoms with Gasteiger partial charge in [-0.1, -0.05) is 35.3 Å². The van der Waals surface area contributed by atoms with Crippen LogP contribution in [0.15, 0.2) is 97.6 Å². The van der Waals surface area contributed by atoms with E-state index in [9.17, 15) is 5.11 Å². The van der Waals surface area contributed by atoms with Crippen molar-refractivity contribution in [1.29, 1.82) is 0 Å². The number of hydrogen-bond acceptors (Lipinski definition) is 13. The largest absolute Gasteiger partial charge is 0.384 e. The summed E-state index contributed by atoms with van der Waals surface area (Å²) in [4.78, 5) is 10.9. The van der Waals surface area contributed by atoms with Gasteiger partial charge in [-0.05, 0) is 103 Å². The number of pyridine rings is 2. The van der Waals surface area contributed by atoms with Crippen molar-refractivity contribution < 1.29 is 5.11 Å². The van der Waals surface area contributed by atoms with Gasteiger partial charge in [0, 0.05) is 65.0 Å². The second-order valence-corrected chi connectivity index (χ2v) is 13.4. The maximum atomic E-state index is 10.7. The molecular formula is C37H32Cl2N16O. The molecule has 19 heteroatoms. The topological polar surface area (TPSA) is 195 Å². The third kappa shape index (κ3) is 8.24. The molecule has 0 spiro atoms. The Kier molecular flexibility index (Phi) is 10.7. The number of benzene rings is 2. The Labute approximate surface area is 329 Å².